The maximum atomic E-state index is 11.8. The summed E-state index contributed by atoms with van der Waals surface area (Å²) in [6.07, 6.45) is -0.0384. The van der Waals surface area contributed by atoms with Crippen molar-refractivity contribution in [1.29, 1.82) is 0 Å². The van der Waals surface area contributed by atoms with Crippen molar-refractivity contribution < 1.29 is 18.3 Å². The van der Waals surface area contributed by atoms with E-state index in [2.05, 4.69) is 4.72 Å². The fraction of sp³-hybridized carbons (Fsp3) is 0.417. The predicted octanol–water partition coefficient (Wildman–Crippen LogP) is 1.91. The van der Waals surface area contributed by atoms with Crippen LogP contribution in [0.4, 0.5) is 5.69 Å². The number of anilines is 1. The van der Waals surface area contributed by atoms with E-state index in [1.807, 2.05) is 32.0 Å². The zero-order valence-corrected chi connectivity index (χ0v) is 11.3. The molecule has 0 saturated heterocycles. The molecule has 0 saturated carbocycles. The summed E-state index contributed by atoms with van der Waals surface area (Å²) in [5.41, 5.74) is 2.27. The minimum atomic E-state index is -3.49. The number of hydrogen-bond donors (Lipinski definition) is 2. The van der Waals surface area contributed by atoms with E-state index in [-0.39, 0.29) is 18.6 Å². The molecule has 0 aliphatic heterocycles. The molecule has 0 aliphatic rings. The quantitative estimate of drug-likeness (QED) is 0.827. The third kappa shape index (κ3) is 4.37. The molecule has 0 heterocycles. The Labute approximate surface area is 107 Å². The number of benzene rings is 1. The minimum Gasteiger partial charge on any atom is -0.481 e. The van der Waals surface area contributed by atoms with Crippen molar-refractivity contribution in [3.05, 3.63) is 29.3 Å². The van der Waals surface area contributed by atoms with E-state index in [9.17, 15) is 13.2 Å². The molecule has 0 fully saturated rings. The molecule has 0 spiro atoms. The molecule has 0 aromatic heterocycles. The van der Waals surface area contributed by atoms with Crippen molar-refractivity contribution in [2.45, 2.75) is 26.7 Å². The number of aliphatic carboxylic acids is 1. The highest BCUT2D eigenvalue weighted by Gasteiger charge is 2.13. The minimum absolute atomic E-state index is 0.107. The number of aryl methyl sites for hydroxylation is 2. The Bertz CT molecular complexity index is 517. The van der Waals surface area contributed by atoms with Crippen molar-refractivity contribution in [3.63, 3.8) is 0 Å². The summed E-state index contributed by atoms with van der Waals surface area (Å²) < 4.78 is 26.1. The Kier molecular flexibility index (Phi) is 4.72. The number of carboxylic acids is 1. The molecule has 6 heteroatoms. The second kappa shape index (κ2) is 5.86. The van der Waals surface area contributed by atoms with Gasteiger partial charge < -0.3 is 5.11 Å². The van der Waals surface area contributed by atoms with Crippen LogP contribution >= 0.6 is 0 Å². The number of carboxylic acid groups (broad SMARTS) is 1. The monoisotopic (exact) mass is 271 g/mol. The fourth-order valence-electron chi connectivity index (χ4n) is 1.60. The summed E-state index contributed by atoms with van der Waals surface area (Å²) >= 11 is 0. The highest BCUT2D eigenvalue weighted by Crippen LogP contribution is 2.21. The number of rotatable bonds is 6. The molecule has 0 aliphatic carbocycles. The van der Waals surface area contributed by atoms with Crippen LogP contribution in [0.3, 0.4) is 0 Å². The summed E-state index contributed by atoms with van der Waals surface area (Å²) in [5.74, 6) is -1.18. The Morgan fingerprint density at radius 3 is 2.33 bits per heavy atom. The van der Waals surface area contributed by atoms with Crippen LogP contribution in [0, 0.1) is 13.8 Å². The van der Waals surface area contributed by atoms with Crippen molar-refractivity contribution >= 4 is 21.7 Å². The van der Waals surface area contributed by atoms with E-state index in [0.717, 1.165) is 11.1 Å². The average Bonchev–Trinajstić information content (AvgIpc) is 2.23. The molecule has 0 radical (unpaired) electrons. The average molecular weight is 271 g/mol. The van der Waals surface area contributed by atoms with Gasteiger partial charge in [-0.2, -0.15) is 0 Å². The van der Waals surface area contributed by atoms with Gasteiger partial charge in [0, 0.05) is 6.42 Å². The second-order valence-electron chi connectivity index (χ2n) is 4.19. The molecule has 0 bridgehead atoms. The first-order valence-corrected chi connectivity index (χ1v) is 7.25. The zero-order chi connectivity index (χ0) is 13.8. The van der Waals surface area contributed by atoms with Gasteiger partial charge in [-0.25, -0.2) is 8.42 Å². The van der Waals surface area contributed by atoms with Gasteiger partial charge in [-0.1, -0.05) is 18.2 Å². The first-order valence-electron chi connectivity index (χ1n) is 5.60. The van der Waals surface area contributed by atoms with Gasteiger partial charge in [0.2, 0.25) is 10.0 Å². The van der Waals surface area contributed by atoms with Gasteiger partial charge in [-0.05, 0) is 31.4 Å². The number of hydrogen-bond acceptors (Lipinski definition) is 3. The van der Waals surface area contributed by atoms with Gasteiger partial charge in [0.05, 0.1) is 11.4 Å². The van der Waals surface area contributed by atoms with E-state index in [1.54, 1.807) is 0 Å². The molecular formula is C12H17NO4S. The number of nitrogens with one attached hydrogen (secondary N) is 1. The van der Waals surface area contributed by atoms with Crippen LogP contribution < -0.4 is 4.72 Å². The molecule has 1 aromatic carbocycles. The van der Waals surface area contributed by atoms with Crippen molar-refractivity contribution in [3.8, 4) is 0 Å². The van der Waals surface area contributed by atoms with Crippen LogP contribution in [0.25, 0.3) is 0 Å². The lowest BCUT2D eigenvalue weighted by Gasteiger charge is -2.12. The van der Waals surface area contributed by atoms with Crippen molar-refractivity contribution in [2.75, 3.05) is 10.5 Å². The molecule has 0 amide bonds. The lowest BCUT2D eigenvalue weighted by molar-refractivity contribution is -0.137. The Morgan fingerprint density at radius 2 is 1.83 bits per heavy atom. The fourth-order valence-corrected chi connectivity index (χ4v) is 2.85. The van der Waals surface area contributed by atoms with Crippen LogP contribution in [0.2, 0.25) is 0 Å². The SMILES string of the molecule is Cc1cccc(C)c1NS(=O)(=O)CCCC(=O)O. The Morgan fingerprint density at radius 1 is 1.28 bits per heavy atom. The molecular weight excluding hydrogens is 254 g/mol. The molecule has 100 valence electrons. The smallest absolute Gasteiger partial charge is 0.303 e. The maximum Gasteiger partial charge on any atom is 0.303 e. The highest BCUT2D eigenvalue weighted by atomic mass is 32.2. The van der Waals surface area contributed by atoms with Crippen molar-refractivity contribution in [2.24, 2.45) is 0 Å². The van der Waals surface area contributed by atoms with E-state index < -0.39 is 16.0 Å². The first-order chi connectivity index (χ1) is 8.32. The number of carbonyl (C=O) groups is 1. The number of para-hydroxylation sites is 1. The van der Waals surface area contributed by atoms with Gasteiger partial charge in [0.15, 0.2) is 0 Å². The summed E-state index contributed by atoms with van der Waals surface area (Å²) in [4.78, 5) is 10.3. The summed E-state index contributed by atoms with van der Waals surface area (Å²) in [6.45, 7) is 3.64. The largest absolute Gasteiger partial charge is 0.481 e. The van der Waals surface area contributed by atoms with Crippen LogP contribution in [0.1, 0.15) is 24.0 Å². The van der Waals surface area contributed by atoms with Crippen LogP contribution in [-0.4, -0.2) is 25.2 Å². The summed E-state index contributed by atoms with van der Waals surface area (Å²) in [5, 5.41) is 8.47. The van der Waals surface area contributed by atoms with Gasteiger partial charge in [-0.15, -0.1) is 0 Å². The van der Waals surface area contributed by atoms with E-state index in [0.29, 0.717) is 5.69 Å². The lowest BCUT2D eigenvalue weighted by Crippen LogP contribution is -2.18. The van der Waals surface area contributed by atoms with Crippen LogP contribution in [-0.2, 0) is 14.8 Å². The standard InChI is InChI=1S/C12H17NO4S/c1-9-5-3-6-10(2)12(9)13-18(16,17)8-4-7-11(14)15/h3,5-6,13H,4,7-8H2,1-2H3,(H,14,15). The summed E-state index contributed by atoms with van der Waals surface area (Å²) in [6, 6.07) is 5.50. The molecule has 0 unspecified atom stereocenters. The molecule has 5 nitrogen and oxygen atoms in total. The van der Waals surface area contributed by atoms with Crippen LogP contribution in [0.5, 0.6) is 0 Å². The topological polar surface area (TPSA) is 83.5 Å². The van der Waals surface area contributed by atoms with E-state index in [4.69, 9.17) is 5.11 Å². The second-order valence-corrected chi connectivity index (χ2v) is 6.03. The molecule has 1 aromatic rings. The highest BCUT2D eigenvalue weighted by molar-refractivity contribution is 7.92. The molecule has 18 heavy (non-hydrogen) atoms. The normalized spacial score (nSPS) is 11.2. The zero-order valence-electron chi connectivity index (χ0n) is 10.4. The van der Waals surface area contributed by atoms with Gasteiger partial charge >= 0.3 is 5.97 Å². The molecule has 2 N–H and O–H groups in total. The van der Waals surface area contributed by atoms with Gasteiger partial charge in [0.1, 0.15) is 0 Å². The summed E-state index contributed by atoms with van der Waals surface area (Å²) in [7, 11) is -3.49. The van der Waals surface area contributed by atoms with Crippen molar-refractivity contribution in [1.82, 2.24) is 0 Å². The van der Waals surface area contributed by atoms with E-state index >= 15 is 0 Å². The van der Waals surface area contributed by atoms with Gasteiger partial charge in [0.25, 0.3) is 0 Å². The van der Waals surface area contributed by atoms with Gasteiger partial charge in [-0.3, -0.25) is 9.52 Å². The lowest BCUT2D eigenvalue weighted by atomic mass is 10.1. The first kappa shape index (κ1) is 14.5. The Hall–Kier alpha value is -1.56. The predicted molar refractivity (Wildman–Crippen MR) is 70.2 cm³/mol. The molecule has 0 atom stereocenters. The molecule has 1 rings (SSSR count). The third-order valence-corrected chi connectivity index (χ3v) is 3.88. The maximum absolute atomic E-state index is 11.8. The van der Waals surface area contributed by atoms with Crippen LogP contribution in [0.15, 0.2) is 18.2 Å². The van der Waals surface area contributed by atoms with E-state index in [1.165, 1.54) is 0 Å². The third-order valence-electron chi connectivity index (χ3n) is 2.54. The number of sulfonamides is 1. The Balaban J connectivity index is 2.74.